The Hall–Kier alpha value is -0.320. The van der Waals surface area contributed by atoms with Crippen LogP contribution in [0.2, 0.25) is 0 Å². The Morgan fingerprint density at radius 3 is 2.68 bits per heavy atom. The molecule has 1 aliphatic carbocycles. The van der Waals surface area contributed by atoms with E-state index in [1.807, 2.05) is 0 Å². The first-order valence-electron chi connectivity index (χ1n) is 7.39. The van der Waals surface area contributed by atoms with Gasteiger partial charge in [0.2, 0.25) is 5.91 Å². The molecule has 2 fully saturated rings. The van der Waals surface area contributed by atoms with E-state index >= 15 is 0 Å². The minimum absolute atomic E-state index is 0. The van der Waals surface area contributed by atoms with Crippen LogP contribution in [0.3, 0.4) is 0 Å². The normalized spacial score (nSPS) is 34.6. The summed E-state index contributed by atoms with van der Waals surface area (Å²) in [7, 11) is 0. The van der Waals surface area contributed by atoms with Gasteiger partial charge in [0.15, 0.2) is 0 Å². The van der Waals surface area contributed by atoms with Crippen molar-refractivity contribution in [2.45, 2.75) is 63.5 Å². The van der Waals surface area contributed by atoms with Crippen LogP contribution in [-0.4, -0.2) is 35.7 Å². The minimum Gasteiger partial charge on any atom is -0.393 e. The molecule has 0 aromatic heterocycles. The predicted octanol–water partition coefficient (Wildman–Crippen LogP) is 1.61. The standard InChI is InChI=1S/C14H26N2O2.ClH/c1-2-14(8-5-9-16-14)13(18)15-10-11-6-3-4-7-12(11)17;/h11-12,16-17H,2-10H2,1H3,(H,15,18);1H. The average Bonchev–Trinajstić information content (AvgIpc) is 2.87. The Bertz CT molecular complexity index is 293. The highest BCUT2D eigenvalue weighted by Gasteiger charge is 2.39. The molecule has 1 heterocycles. The van der Waals surface area contributed by atoms with E-state index in [9.17, 15) is 9.90 Å². The van der Waals surface area contributed by atoms with E-state index in [2.05, 4.69) is 17.6 Å². The first-order chi connectivity index (χ1) is 8.68. The second-order valence-electron chi connectivity index (χ2n) is 5.79. The third-order valence-corrected chi connectivity index (χ3v) is 4.68. The van der Waals surface area contributed by atoms with Crippen molar-refractivity contribution in [3.63, 3.8) is 0 Å². The summed E-state index contributed by atoms with van der Waals surface area (Å²) in [5, 5.41) is 16.3. The van der Waals surface area contributed by atoms with Crippen molar-refractivity contribution in [1.82, 2.24) is 10.6 Å². The number of hydrogen-bond donors (Lipinski definition) is 3. The zero-order valence-corrected chi connectivity index (χ0v) is 12.6. The van der Waals surface area contributed by atoms with Crippen LogP contribution < -0.4 is 10.6 Å². The zero-order valence-electron chi connectivity index (χ0n) is 11.8. The molecule has 0 aromatic rings. The largest absolute Gasteiger partial charge is 0.393 e. The van der Waals surface area contributed by atoms with Crippen molar-refractivity contribution < 1.29 is 9.90 Å². The van der Waals surface area contributed by atoms with Crippen molar-refractivity contribution in [3.8, 4) is 0 Å². The molecule has 0 radical (unpaired) electrons. The summed E-state index contributed by atoms with van der Waals surface area (Å²) in [6, 6.07) is 0. The van der Waals surface area contributed by atoms with Gasteiger partial charge >= 0.3 is 0 Å². The number of aliphatic hydroxyl groups excluding tert-OH is 1. The number of carbonyl (C=O) groups is 1. The van der Waals surface area contributed by atoms with Gasteiger partial charge in [0.05, 0.1) is 11.6 Å². The molecule has 1 saturated carbocycles. The van der Waals surface area contributed by atoms with Gasteiger partial charge in [-0.05, 0) is 38.6 Å². The summed E-state index contributed by atoms with van der Waals surface area (Å²) in [6.45, 7) is 3.63. The lowest BCUT2D eigenvalue weighted by atomic mass is 9.86. The third-order valence-electron chi connectivity index (χ3n) is 4.68. The Labute approximate surface area is 122 Å². The smallest absolute Gasteiger partial charge is 0.240 e. The molecule has 3 atom stereocenters. The number of rotatable bonds is 4. The first kappa shape index (κ1) is 16.7. The zero-order chi connectivity index (χ0) is 13.0. The molecule has 0 bridgehead atoms. The van der Waals surface area contributed by atoms with E-state index in [0.29, 0.717) is 6.54 Å². The van der Waals surface area contributed by atoms with Crippen molar-refractivity contribution >= 4 is 18.3 Å². The van der Waals surface area contributed by atoms with Crippen LogP contribution in [0.1, 0.15) is 51.9 Å². The fraction of sp³-hybridized carbons (Fsp3) is 0.929. The monoisotopic (exact) mass is 290 g/mol. The van der Waals surface area contributed by atoms with Crippen LogP contribution in [0.4, 0.5) is 0 Å². The summed E-state index contributed by atoms with van der Waals surface area (Å²) in [4.78, 5) is 12.3. The second-order valence-corrected chi connectivity index (χ2v) is 5.79. The maximum Gasteiger partial charge on any atom is 0.240 e. The van der Waals surface area contributed by atoms with Crippen molar-refractivity contribution in [2.75, 3.05) is 13.1 Å². The quantitative estimate of drug-likeness (QED) is 0.737. The van der Waals surface area contributed by atoms with E-state index in [1.165, 1.54) is 6.42 Å². The van der Waals surface area contributed by atoms with E-state index in [0.717, 1.165) is 45.1 Å². The highest BCUT2D eigenvalue weighted by Crippen LogP contribution is 2.25. The molecule has 4 nitrogen and oxygen atoms in total. The van der Waals surface area contributed by atoms with Crippen molar-refractivity contribution in [3.05, 3.63) is 0 Å². The van der Waals surface area contributed by atoms with Crippen LogP contribution in [-0.2, 0) is 4.79 Å². The molecule has 1 amide bonds. The van der Waals surface area contributed by atoms with Gasteiger partial charge in [-0.15, -0.1) is 12.4 Å². The van der Waals surface area contributed by atoms with Gasteiger partial charge in [0.1, 0.15) is 0 Å². The fourth-order valence-electron chi connectivity index (χ4n) is 3.28. The van der Waals surface area contributed by atoms with Crippen molar-refractivity contribution in [1.29, 1.82) is 0 Å². The Kier molecular flexibility index (Phi) is 6.57. The van der Waals surface area contributed by atoms with Gasteiger partial charge in [0, 0.05) is 12.5 Å². The summed E-state index contributed by atoms with van der Waals surface area (Å²) in [5.74, 6) is 0.373. The Morgan fingerprint density at radius 1 is 1.37 bits per heavy atom. The maximum atomic E-state index is 12.3. The Morgan fingerprint density at radius 2 is 2.11 bits per heavy atom. The molecule has 3 unspecified atom stereocenters. The molecule has 112 valence electrons. The topological polar surface area (TPSA) is 61.4 Å². The van der Waals surface area contributed by atoms with Crippen LogP contribution in [0, 0.1) is 5.92 Å². The predicted molar refractivity (Wildman–Crippen MR) is 78.5 cm³/mol. The number of amides is 1. The summed E-state index contributed by atoms with van der Waals surface area (Å²) >= 11 is 0. The molecule has 1 aliphatic heterocycles. The van der Waals surface area contributed by atoms with Crippen LogP contribution in [0.15, 0.2) is 0 Å². The molecule has 2 aliphatic rings. The molecule has 1 saturated heterocycles. The Balaban J connectivity index is 0.00000180. The number of hydrogen-bond acceptors (Lipinski definition) is 3. The second kappa shape index (κ2) is 7.46. The van der Waals surface area contributed by atoms with Crippen LogP contribution >= 0.6 is 12.4 Å². The van der Waals surface area contributed by atoms with Gasteiger partial charge in [-0.1, -0.05) is 19.8 Å². The van der Waals surface area contributed by atoms with Crippen LogP contribution in [0.5, 0.6) is 0 Å². The van der Waals surface area contributed by atoms with Gasteiger partial charge < -0.3 is 15.7 Å². The fourth-order valence-corrected chi connectivity index (χ4v) is 3.28. The summed E-state index contributed by atoms with van der Waals surface area (Å²) in [5.41, 5.74) is -0.348. The molecular weight excluding hydrogens is 264 g/mol. The molecule has 5 heteroatoms. The lowest BCUT2D eigenvalue weighted by Gasteiger charge is -2.31. The number of carbonyl (C=O) groups excluding carboxylic acids is 1. The molecule has 2 rings (SSSR count). The van der Waals surface area contributed by atoms with Gasteiger partial charge in [-0.3, -0.25) is 4.79 Å². The van der Waals surface area contributed by atoms with Crippen molar-refractivity contribution in [2.24, 2.45) is 5.92 Å². The van der Waals surface area contributed by atoms with E-state index < -0.39 is 0 Å². The lowest BCUT2D eigenvalue weighted by molar-refractivity contribution is -0.127. The molecule has 3 N–H and O–H groups in total. The highest BCUT2D eigenvalue weighted by atomic mass is 35.5. The molecule has 19 heavy (non-hydrogen) atoms. The number of nitrogens with one attached hydrogen (secondary N) is 2. The molecule has 0 aromatic carbocycles. The molecular formula is C14H27ClN2O2. The third kappa shape index (κ3) is 3.83. The average molecular weight is 291 g/mol. The van der Waals surface area contributed by atoms with E-state index in [4.69, 9.17) is 0 Å². The highest BCUT2D eigenvalue weighted by molar-refractivity contribution is 5.86. The number of aliphatic hydroxyl groups is 1. The van der Waals surface area contributed by atoms with E-state index in [1.54, 1.807) is 0 Å². The maximum absolute atomic E-state index is 12.3. The lowest BCUT2D eigenvalue weighted by Crippen LogP contribution is -2.54. The van der Waals surface area contributed by atoms with Gasteiger partial charge in [0.25, 0.3) is 0 Å². The van der Waals surface area contributed by atoms with E-state index in [-0.39, 0.29) is 35.9 Å². The van der Waals surface area contributed by atoms with Crippen LogP contribution in [0.25, 0.3) is 0 Å². The van der Waals surface area contributed by atoms with Gasteiger partial charge in [-0.2, -0.15) is 0 Å². The summed E-state index contributed by atoms with van der Waals surface area (Å²) < 4.78 is 0. The van der Waals surface area contributed by atoms with Gasteiger partial charge in [-0.25, -0.2) is 0 Å². The minimum atomic E-state index is -0.348. The molecule has 0 spiro atoms. The number of halogens is 1. The SMILES string of the molecule is CCC1(C(=O)NCC2CCCCC2O)CCCN1.Cl. The first-order valence-corrected chi connectivity index (χ1v) is 7.39. The summed E-state index contributed by atoms with van der Waals surface area (Å²) in [6.07, 6.45) is 6.84.